The van der Waals surface area contributed by atoms with E-state index < -0.39 is 17.8 Å². The van der Waals surface area contributed by atoms with E-state index in [1.807, 2.05) is 37.3 Å². The molecule has 0 saturated heterocycles. The van der Waals surface area contributed by atoms with Crippen molar-refractivity contribution in [3.63, 3.8) is 0 Å². The van der Waals surface area contributed by atoms with E-state index in [0.717, 1.165) is 24.5 Å². The summed E-state index contributed by atoms with van der Waals surface area (Å²) < 4.78 is 39.5. The number of benzene rings is 2. The number of hydrogen-bond donors (Lipinski definition) is 1. The average molecular weight is 362 g/mol. The number of halogens is 3. The Morgan fingerprint density at radius 3 is 2.35 bits per heavy atom. The van der Waals surface area contributed by atoms with Crippen LogP contribution in [0.2, 0.25) is 0 Å². The first-order valence-electron chi connectivity index (χ1n) is 8.64. The van der Waals surface area contributed by atoms with Crippen LogP contribution in [-0.2, 0) is 12.7 Å². The van der Waals surface area contributed by atoms with Gasteiger partial charge in [-0.2, -0.15) is 13.2 Å². The average Bonchev–Trinajstić information content (AvgIpc) is 3.44. The highest BCUT2D eigenvalue weighted by atomic mass is 19.4. The Hall–Kier alpha value is -2.50. The molecule has 0 aromatic heterocycles. The third kappa shape index (κ3) is 4.36. The first kappa shape index (κ1) is 18.3. The molecule has 1 aliphatic rings. The van der Waals surface area contributed by atoms with Gasteiger partial charge in [-0.1, -0.05) is 42.5 Å². The molecule has 1 N–H and O–H groups in total. The molecule has 3 rings (SSSR count). The van der Waals surface area contributed by atoms with E-state index in [1.165, 1.54) is 18.2 Å². The molecule has 2 aromatic rings. The lowest BCUT2D eigenvalue weighted by atomic mass is 10.1. The van der Waals surface area contributed by atoms with Crippen LogP contribution in [0.4, 0.5) is 23.7 Å². The molecule has 1 fully saturated rings. The van der Waals surface area contributed by atoms with E-state index in [-0.39, 0.29) is 11.7 Å². The highest BCUT2D eigenvalue weighted by Crippen LogP contribution is 2.37. The minimum absolute atomic E-state index is 0.0340. The third-order valence-electron chi connectivity index (χ3n) is 4.73. The lowest BCUT2D eigenvalue weighted by Crippen LogP contribution is -2.42. The number of carbonyl (C=O) groups excluding carboxylic acids is 1. The molecule has 26 heavy (non-hydrogen) atoms. The van der Waals surface area contributed by atoms with Gasteiger partial charge in [-0.15, -0.1) is 0 Å². The van der Waals surface area contributed by atoms with Crippen LogP contribution in [-0.4, -0.2) is 17.0 Å². The van der Waals surface area contributed by atoms with Crippen molar-refractivity contribution in [2.45, 2.75) is 38.5 Å². The molecule has 0 spiro atoms. The van der Waals surface area contributed by atoms with Crippen LogP contribution in [0.5, 0.6) is 0 Å². The molecular weight excluding hydrogens is 341 g/mol. The van der Waals surface area contributed by atoms with Crippen molar-refractivity contribution >= 4 is 11.7 Å². The van der Waals surface area contributed by atoms with Crippen LogP contribution in [0.25, 0.3) is 0 Å². The second-order valence-corrected chi connectivity index (χ2v) is 6.67. The molecule has 2 amide bonds. The highest BCUT2D eigenvalue weighted by molar-refractivity contribution is 5.90. The van der Waals surface area contributed by atoms with E-state index in [0.29, 0.717) is 12.5 Å². The predicted molar refractivity (Wildman–Crippen MR) is 94.6 cm³/mol. The molecule has 1 unspecified atom stereocenters. The predicted octanol–water partition coefficient (Wildman–Crippen LogP) is 5.54. The summed E-state index contributed by atoms with van der Waals surface area (Å²) in [5, 5.41) is 2.47. The molecule has 0 aliphatic heterocycles. The van der Waals surface area contributed by atoms with Gasteiger partial charge in [-0.25, -0.2) is 4.79 Å². The summed E-state index contributed by atoms with van der Waals surface area (Å²) in [4.78, 5) is 14.4. The zero-order valence-electron chi connectivity index (χ0n) is 14.5. The summed E-state index contributed by atoms with van der Waals surface area (Å²) in [6.45, 7) is 2.31. The van der Waals surface area contributed by atoms with Gasteiger partial charge >= 0.3 is 12.2 Å². The number of para-hydroxylation sites is 1. The van der Waals surface area contributed by atoms with Crippen LogP contribution in [0.1, 0.15) is 30.9 Å². The Balaban J connectivity index is 1.82. The Labute approximate surface area is 150 Å². The first-order chi connectivity index (χ1) is 12.4. The number of amides is 2. The van der Waals surface area contributed by atoms with Crippen LogP contribution in [0.3, 0.4) is 0 Å². The van der Waals surface area contributed by atoms with E-state index in [9.17, 15) is 18.0 Å². The smallest absolute Gasteiger partial charge is 0.317 e. The molecule has 138 valence electrons. The zero-order valence-corrected chi connectivity index (χ0v) is 14.5. The monoisotopic (exact) mass is 362 g/mol. The summed E-state index contributed by atoms with van der Waals surface area (Å²) in [5.41, 5.74) is -0.114. The Morgan fingerprint density at radius 2 is 1.73 bits per heavy atom. The van der Waals surface area contributed by atoms with Gasteiger partial charge < -0.3 is 10.2 Å². The molecule has 0 heterocycles. The first-order valence-corrected chi connectivity index (χ1v) is 8.64. The molecule has 0 bridgehead atoms. The largest absolute Gasteiger partial charge is 0.418 e. The zero-order chi connectivity index (χ0) is 18.7. The summed E-state index contributed by atoms with van der Waals surface area (Å²) in [6.07, 6.45) is -2.44. The second kappa shape index (κ2) is 7.40. The van der Waals surface area contributed by atoms with Gasteiger partial charge in [-0.05, 0) is 43.4 Å². The molecule has 1 saturated carbocycles. The van der Waals surface area contributed by atoms with Crippen molar-refractivity contribution in [3.05, 3.63) is 65.7 Å². The molecule has 3 nitrogen and oxygen atoms in total. The van der Waals surface area contributed by atoms with Crippen LogP contribution in [0, 0.1) is 5.92 Å². The Morgan fingerprint density at radius 1 is 1.12 bits per heavy atom. The normalized spacial score (nSPS) is 15.4. The van der Waals surface area contributed by atoms with Crippen molar-refractivity contribution in [3.8, 4) is 0 Å². The Bertz CT molecular complexity index is 757. The fourth-order valence-electron chi connectivity index (χ4n) is 3.04. The molecule has 2 aromatic carbocycles. The Kier molecular flexibility index (Phi) is 5.20. The lowest BCUT2D eigenvalue weighted by Gasteiger charge is -2.30. The number of nitrogens with zero attached hydrogens (tertiary/aromatic N) is 1. The van der Waals surface area contributed by atoms with Crippen LogP contribution >= 0.6 is 0 Å². The maximum absolute atomic E-state index is 13.2. The van der Waals surface area contributed by atoms with Gasteiger partial charge in [0.15, 0.2) is 0 Å². The van der Waals surface area contributed by atoms with E-state index in [2.05, 4.69) is 5.32 Å². The van der Waals surface area contributed by atoms with Gasteiger partial charge in [0.05, 0.1) is 11.3 Å². The number of hydrogen-bond acceptors (Lipinski definition) is 1. The number of rotatable bonds is 5. The fraction of sp³-hybridized carbons (Fsp3) is 0.350. The van der Waals surface area contributed by atoms with E-state index >= 15 is 0 Å². The van der Waals surface area contributed by atoms with Gasteiger partial charge in [-0.3, -0.25) is 0 Å². The SMILES string of the molecule is CC(C1CC1)N(Cc1ccccc1)C(=O)Nc1ccccc1C(F)(F)F. The standard InChI is InChI=1S/C20H21F3N2O/c1-14(16-11-12-16)25(13-15-7-3-2-4-8-15)19(26)24-18-10-6-5-9-17(18)20(21,22)23/h2-10,14,16H,11-13H2,1H3,(H,24,26). The summed E-state index contributed by atoms with van der Waals surface area (Å²) in [6, 6.07) is 14.0. The number of alkyl halides is 3. The minimum Gasteiger partial charge on any atom is -0.317 e. The lowest BCUT2D eigenvalue weighted by molar-refractivity contribution is -0.136. The summed E-state index contributed by atoms with van der Waals surface area (Å²) in [7, 11) is 0. The number of nitrogens with one attached hydrogen (secondary N) is 1. The van der Waals surface area contributed by atoms with Crippen molar-refractivity contribution in [2.75, 3.05) is 5.32 Å². The van der Waals surface area contributed by atoms with Crippen molar-refractivity contribution in [1.29, 1.82) is 0 Å². The van der Waals surface area contributed by atoms with Crippen LogP contribution < -0.4 is 5.32 Å². The minimum atomic E-state index is -4.52. The van der Waals surface area contributed by atoms with Gasteiger partial charge in [0.25, 0.3) is 0 Å². The maximum Gasteiger partial charge on any atom is 0.418 e. The van der Waals surface area contributed by atoms with E-state index in [1.54, 1.807) is 4.90 Å². The number of urea groups is 1. The molecule has 0 radical (unpaired) electrons. The number of carbonyl (C=O) groups is 1. The topological polar surface area (TPSA) is 32.3 Å². The summed E-state index contributed by atoms with van der Waals surface area (Å²) >= 11 is 0. The summed E-state index contributed by atoms with van der Waals surface area (Å²) in [5.74, 6) is 0.405. The van der Waals surface area contributed by atoms with Gasteiger partial charge in [0, 0.05) is 12.6 Å². The van der Waals surface area contributed by atoms with Gasteiger partial charge in [0.2, 0.25) is 0 Å². The molecular formula is C20H21F3N2O. The maximum atomic E-state index is 13.2. The quantitative estimate of drug-likeness (QED) is 0.744. The van der Waals surface area contributed by atoms with E-state index in [4.69, 9.17) is 0 Å². The number of anilines is 1. The van der Waals surface area contributed by atoms with Crippen molar-refractivity contribution in [2.24, 2.45) is 5.92 Å². The fourth-order valence-corrected chi connectivity index (χ4v) is 3.04. The molecule has 1 atom stereocenters. The molecule has 1 aliphatic carbocycles. The van der Waals surface area contributed by atoms with Crippen molar-refractivity contribution < 1.29 is 18.0 Å². The van der Waals surface area contributed by atoms with Crippen LogP contribution in [0.15, 0.2) is 54.6 Å². The second-order valence-electron chi connectivity index (χ2n) is 6.67. The third-order valence-corrected chi connectivity index (χ3v) is 4.73. The van der Waals surface area contributed by atoms with Crippen molar-refractivity contribution in [1.82, 2.24) is 4.90 Å². The highest BCUT2D eigenvalue weighted by Gasteiger charge is 2.36. The van der Waals surface area contributed by atoms with Gasteiger partial charge in [0.1, 0.15) is 0 Å². The molecule has 6 heteroatoms.